The van der Waals surface area contributed by atoms with Crippen LogP contribution in [0.1, 0.15) is 30.9 Å². The SMILES string of the molecule is CC1CCC(c2nc(Cl)ns2)O1. The van der Waals surface area contributed by atoms with Gasteiger partial charge in [-0.2, -0.15) is 4.37 Å². The number of hydrogen-bond donors (Lipinski definition) is 0. The zero-order valence-corrected chi connectivity index (χ0v) is 8.23. The predicted octanol–water partition coefficient (Wildman–Crippen LogP) is 2.43. The van der Waals surface area contributed by atoms with Gasteiger partial charge in [0.2, 0.25) is 5.28 Å². The molecule has 0 saturated carbocycles. The van der Waals surface area contributed by atoms with Crippen molar-refractivity contribution in [1.82, 2.24) is 9.36 Å². The minimum Gasteiger partial charge on any atom is -0.368 e. The third-order valence-corrected chi connectivity index (χ3v) is 3.00. The van der Waals surface area contributed by atoms with E-state index in [0.29, 0.717) is 11.4 Å². The highest BCUT2D eigenvalue weighted by Gasteiger charge is 2.26. The first-order valence-corrected chi connectivity index (χ1v) is 5.05. The summed E-state index contributed by atoms with van der Waals surface area (Å²) in [6.45, 7) is 2.07. The van der Waals surface area contributed by atoms with Gasteiger partial charge in [-0.1, -0.05) is 0 Å². The molecule has 1 aliphatic rings. The molecule has 0 aromatic carbocycles. The first-order valence-electron chi connectivity index (χ1n) is 3.90. The van der Waals surface area contributed by atoms with Crippen molar-refractivity contribution in [2.75, 3.05) is 0 Å². The van der Waals surface area contributed by atoms with Gasteiger partial charge in [-0.25, -0.2) is 4.98 Å². The molecule has 66 valence electrons. The van der Waals surface area contributed by atoms with E-state index in [2.05, 4.69) is 16.3 Å². The Morgan fingerprint density at radius 3 is 2.92 bits per heavy atom. The molecule has 2 heterocycles. The summed E-state index contributed by atoms with van der Waals surface area (Å²) in [4.78, 5) is 4.07. The summed E-state index contributed by atoms with van der Waals surface area (Å²) in [5, 5.41) is 1.24. The molecule has 5 heteroatoms. The highest BCUT2D eigenvalue weighted by Crippen LogP contribution is 2.33. The van der Waals surface area contributed by atoms with Gasteiger partial charge in [-0.15, -0.1) is 0 Å². The van der Waals surface area contributed by atoms with Crippen molar-refractivity contribution >= 4 is 23.1 Å². The number of ether oxygens (including phenoxy) is 1. The molecule has 1 aliphatic heterocycles. The average Bonchev–Trinajstić information content (AvgIpc) is 2.58. The van der Waals surface area contributed by atoms with Crippen molar-refractivity contribution < 1.29 is 4.74 Å². The van der Waals surface area contributed by atoms with Crippen LogP contribution >= 0.6 is 23.1 Å². The van der Waals surface area contributed by atoms with Gasteiger partial charge in [0, 0.05) is 0 Å². The van der Waals surface area contributed by atoms with Crippen LogP contribution in [-0.2, 0) is 4.74 Å². The van der Waals surface area contributed by atoms with Gasteiger partial charge in [0.1, 0.15) is 11.1 Å². The Hall–Kier alpha value is -0.190. The normalized spacial score (nSPS) is 29.5. The fraction of sp³-hybridized carbons (Fsp3) is 0.714. The van der Waals surface area contributed by atoms with Gasteiger partial charge in [-0.05, 0) is 42.9 Å². The van der Waals surface area contributed by atoms with E-state index >= 15 is 0 Å². The van der Waals surface area contributed by atoms with E-state index in [0.717, 1.165) is 17.8 Å². The molecule has 0 aliphatic carbocycles. The lowest BCUT2D eigenvalue weighted by Gasteiger charge is -2.05. The molecule has 3 nitrogen and oxygen atoms in total. The maximum atomic E-state index is 5.61. The number of nitrogens with zero attached hydrogens (tertiary/aromatic N) is 2. The van der Waals surface area contributed by atoms with Crippen LogP contribution in [0.15, 0.2) is 0 Å². The van der Waals surface area contributed by atoms with Gasteiger partial charge < -0.3 is 4.74 Å². The Labute approximate surface area is 79.9 Å². The molecule has 2 unspecified atom stereocenters. The van der Waals surface area contributed by atoms with Crippen LogP contribution in [0.25, 0.3) is 0 Å². The summed E-state index contributed by atoms with van der Waals surface area (Å²) < 4.78 is 9.51. The molecule has 0 spiro atoms. The minimum atomic E-state index is 0.130. The third kappa shape index (κ3) is 1.60. The van der Waals surface area contributed by atoms with Crippen LogP contribution in [-0.4, -0.2) is 15.5 Å². The van der Waals surface area contributed by atoms with Crippen LogP contribution in [0.4, 0.5) is 0 Å². The first kappa shape index (κ1) is 8.41. The monoisotopic (exact) mass is 204 g/mol. The molecular weight excluding hydrogens is 196 g/mol. The standard InChI is InChI=1S/C7H9ClN2OS/c1-4-2-3-5(11-4)6-9-7(8)10-12-6/h4-5H,2-3H2,1H3. The van der Waals surface area contributed by atoms with Crippen LogP contribution < -0.4 is 0 Å². The first-order chi connectivity index (χ1) is 5.75. The summed E-state index contributed by atoms with van der Waals surface area (Å²) in [6.07, 6.45) is 2.61. The van der Waals surface area contributed by atoms with E-state index in [4.69, 9.17) is 16.3 Å². The fourth-order valence-electron chi connectivity index (χ4n) is 1.33. The fourth-order valence-corrected chi connectivity index (χ4v) is 2.20. The van der Waals surface area contributed by atoms with E-state index < -0.39 is 0 Å². The zero-order chi connectivity index (χ0) is 8.55. The molecule has 1 saturated heterocycles. The molecule has 1 aromatic heterocycles. The highest BCUT2D eigenvalue weighted by molar-refractivity contribution is 7.05. The van der Waals surface area contributed by atoms with Gasteiger partial charge in [-0.3, -0.25) is 0 Å². The van der Waals surface area contributed by atoms with Crippen molar-refractivity contribution in [1.29, 1.82) is 0 Å². The topological polar surface area (TPSA) is 35.0 Å². The lowest BCUT2D eigenvalue weighted by Crippen LogP contribution is -2.00. The molecule has 0 amide bonds. The summed E-state index contributed by atoms with van der Waals surface area (Å²) in [7, 11) is 0. The van der Waals surface area contributed by atoms with Crippen molar-refractivity contribution in [3.05, 3.63) is 10.3 Å². The number of hydrogen-bond acceptors (Lipinski definition) is 4. The zero-order valence-electron chi connectivity index (χ0n) is 6.66. The van der Waals surface area contributed by atoms with E-state index in [1.165, 1.54) is 11.5 Å². The lowest BCUT2D eigenvalue weighted by atomic mass is 10.2. The summed E-state index contributed by atoms with van der Waals surface area (Å²) >= 11 is 6.94. The Bertz CT molecular complexity index is 278. The lowest BCUT2D eigenvalue weighted by molar-refractivity contribution is 0.0554. The number of aromatic nitrogens is 2. The summed E-state index contributed by atoms with van der Waals surface area (Å²) in [6, 6.07) is 0. The smallest absolute Gasteiger partial charge is 0.234 e. The van der Waals surface area contributed by atoms with E-state index in [9.17, 15) is 0 Å². The average molecular weight is 205 g/mol. The number of rotatable bonds is 1. The largest absolute Gasteiger partial charge is 0.368 e. The number of halogens is 1. The Balaban J connectivity index is 2.11. The molecule has 0 radical (unpaired) electrons. The van der Waals surface area contributed by atoms with Gasteiger partial charge in [0.05, 0.1) is 6.10 Å². The van der Waals surface area contributed by atoms with Gasteiger partial charge in [0.15, 0.2) is 0 Å². The minimum absolute atomic E-state index is 0.130. The molecular formula is C7H9ClN2OS. The van der Waals surface area contributed by atoms with E-state index in [1.54, 1.807) is 0 Å². The Morgan fingerprint density at radius 1 is 1.58 bits per heavy atom. The van der Waals surface area contributed by atoms with Crippen LogP contribution in [0.3, 0.4) is 0 Å². The molecule has 0 bridgehead atoms. The highest BCUT2D eigenvalue weighted by atomic mass is 35.5. The third-order valence-electron chi connectivity index (χ3n) is 1.92. The van der Waals surface area contributed by atoms with Crippen LogP contribution in [0.2, 0.25) is 5.28 Å². The Morgan fingerprint density at radius 2 is 2.42 bits per heavy atom. The molecule has 12 heavy (non-hydrogen) atoms. The summed E-state index contributed by atoms with van der Waals surface area (Å²) in [5.41, 5.74) is 0. The van der Waals surface area contributed by atoms with Crippen LogP contribution in [0.5, 0.6) is 0 Å². The van der Waals surface area contributed by atoms with E-state index in [1.807, 2.05) is 0 Å². The quantitative estimate of drug-likeness (QED) is 0.705. The molecule has 2 rings (SSSR count). The maximum Gasteiger partial charge on any atom is 0.234 e. The van der Waals surface area contributed by atoms with Gasteiger partial charge in [0.25, 0.3) is 0 Å². The molecule has 2 atom stereocenters. The van der Waals surface area contributed by atoms with Gasteiger partial charge >= 0.3 is 0 Å². The second-order valence-corrected chi connectivity index (χ2v) is 4.04. The second-order valence-electron chi connectivity index (χ2n) is 2.91. The second kappa shape index (κ2) is 3.28. The molecule has 1 aromatic rings. The van der Waals surface area contributed by atoms with Crippen molar-refractivity contribution in [3.63, 3.8) is 0 Å². The van der Waals surface area contributed by atoms with Crippen molar-refractivity contribution in [2.24, 2.45) is 0 Å². The van der Waals surface area contributed by atoms with Crippen molar-refractivity contribution in [2.45, 2.75) is 32.0 Å². The maximum absolute atomic E-state index is 5.61. The summed E-state index contributed by atoms with van der Waals surface area (Å²) in [5.74, 6) is 0. The molecule has 0 N–H and O–H groups in total. The Kier molecular flexibility index (Phi) is 2.30. The van der Waals surface area contributed by atoms with Crippen molar-refractivity contribution in [3.8, 4) is 0 Å². The van der Waals surface area contributed by atoms with E-state index in [-0.39, 0.29) is 6.10 Å². The predicted molar refractivity (Wildman–Crippen MR) is 47.4 cm³/mol. The van der Waals surface area contributed by atoms with Crippen LogP contribution in [0, 0.1) is 0 Å². The molecule has 1 fully saturated rings.